The molecule has 0 aliphatic carbocycles. The lowest BCUT2D eigenvalue weighted by Gasteiger charge is -2.19. The van der Waals surface area contributed by atoms with Gasteiger partial charge in [0.1, 0.15) is 11.5 Å². The van der Waals surface area contributed by atoms with Crippen LogP contribution >= 0.6 is 0 Å². The highest BCUT2D eigenvalue weighted by atomic mass is 32.2. The summed E-state index contributed by atoms with van der Waals surface area (Å²) in [6, 6.07) is 11.7. The van der Waals surface area contributed by atoms with Gasteiger partial charge in [-0.3, -0.25) is 4.72 Å². The number of hydrogen-bond donors (Lipinski definition) is 1. The zero-order valence-corrected chi connectivity index (χ0v) is 18.7. The van der Waals surface area contributed by atoms with E-state index in [0.717, 1.165) is 5.56 Å². The number of halogens is 1. The summed E-state index contributed by atoms with van der Waals surface area (Å²) in [5.74, 6) is -1.21. The number of methoxy groups -OCH3 is 1. The lowest BCUT2D eigenvalue weighted by atomic mass is 10.2. The van der Waals surface area contributed by atoms with Gasteiger partial charge in [0, 0.05) is 20.3 Å². The molecule has 0 radical (unpaired) electrons. The fourth-order valence-electron chi connectivity index (χ4n) is 2.84. The van der Waals surface area contributed by atoms with E-state index in [-0.39, 0.29) is 22.0 Å². The van der Waals surface area contributed by atoms with Crippen molar-refractivity contribution < 1.29 is 22.3 Å². The number of carbonyl (C=O) groups is 1. The number of nitrogens with one attached hydrogen (secondary N) is 1. The average Bonchev–Trinajstić information content (AvgIpc) is 3.18. The Hall–Kier alpha value is -3.73. The third-order valence-electron chi connectivity index (χ3n) is 4.53. The molecule has 0 aliphatic heterocycles. The minimum absolute atomic E-state index is 0.0795. The number of aromatic nitrogens is 3. The van der Waals surface area contributed by atoms with E-state index >= 15 is 0 Å². The number of aryl methyl sites for hydroxylation is 1. The number of esters is 1. The monoisotopic (exact) mass is 459 g/mol. The molecule has 2 aromatic carbocycles. The largest absolute Gasteiger partial charge is 0.464 e. The zero-order valence-electron chi connectivity index (χ0n) is 17.9. The zero-order chi connectivity index (χ0) is 23.5. The second kappa shape index (κ2) is 9.18. The molecular formula is C21H22FN5O4S. The highest BCUT2D eigenvalue weighted by molar-refractivity contribution is 7.89. The van der Waals surface area contributed by atoms with Crippen molar-refractivity contribution in [2.75, 3.05) is 21.2 Å². The second-order valence-corrected chi connectivity index (χ2v) is 8.74. The van der Waals surface area contributed by atoms with E-state index < -0.39 is 21.8 Å². The molecule has 0 spiro atoms. The van der Waals surface area contributed by atoms with Crippen molar-refractivity contribution in [3.8, 4) is 5.69 Å². The molecule has 0 saturated carbocycles. The lowest BCUT2D eigenvalue weighted by molar-refractivity contribution is 0.0593. The number of sulfonamides is 1. The van der Waals surface area contributed by atoms with Crippen molar-refractivity contribution in [3.63, 3.8) is 0 Å². The first kappa shape index (κ1) is 22.9. The van der Waals surface area contributed by atoms with E-state index in [2.05, 4.69) is 15.0 Å². The third-order valence-corrected chi connectivity index (χ3v) is 5.85. The van der Waals surface area contributed by atoms with Crippen LogP contribution < -0.4 is 4.72 Å². The van der Waals surface area contributed by atoms with Gasteiger partial charge in [-0.2, -0.15) is 0 Å². The van der Waals surface area contributed by atoms with Crippen LogP contribution in [0.2, 0.25) is 0 Å². The second-order valence-electron chi connectivity index (χ2n) is 7.02. The summed E-state index contributed by atoms with van der Waals surface area (Å²) < 4.78 is 47.5. The number of hydrogen-bond acceptors (Lipinski definition) is 7. The van der Waals surface area contributed by atoms with Gasteiger partial charge in [0.25, 0.3) is 10.0 Å². The molecule has 1 aromatic heterocycles. The molecule has 0 saturated heterocycles. The van der Waals surface area contributed by atoms with Crippen molar-refractivity contribution in [3.05, 3.63) is 77.5 Å². The highest BCUT2D eigenvalue weighted by Crippen LogP contribution is 2.24. The van der Waals surface area contributed by atoms with E-state index in [1.807, 2.05) is 6.92 Å². The Morgan fingerprint density at radius 1 is 1.12 bits per heavy atom. The molecule has 0 unspecified atom stereocenters. The number of rotatable bonds is 7. The maximum absolute atomic E-state index is 13.4. The predicted molar refractivity (Wildman–Crippen MR) is 116 cm³/mol. The van der Waals surface area contributed by atoms with Gasteiger partial charge < -0.3 is 9.64 Å². The van der Waals surface area contributed by atoms with E-state index in [1.165, 1.54) is 54.4 Å². The normalized spacial score (nSPS) is 11.8. The lowest BCUT2D eigenvalue weighted by Crippen LogP contribution is -2.23. The molecule has 0 atom stereocenters. The van der Waals surface area contributed by atoms with Crippen molar-refractivity contribution in [2.45, 2.75) is 11.8 Å². The topological polar surface area (TPSA) is 106 Å². The van der Waals surface area contributed by atoms with Crippen LogP contribution in [0.5, 0.6) is 0 Å². The van der Waals surface area contributed by atoms with Crippen molar-refractivity contribution in [1.29, 1.82) is 0 Å². The van der Waals surface area contributed by atoms with Gasteiger partial charge in [0.05, 0.1) is 23.4 Å². The maximum atomic E-state index is 13.4. The predicted octanol–water partition coefficient (Wildman–Crippen LogP) is 2.34. The van der Waals surface area contributed by atoms with E-state index in [0.29, 0.717) is 5.69 Å². The first-order valence-electron chi connectivity index (χ1n) is 9.41. The Kier molecular flexibility index (Phi) is 6.58. The van der Waals surface area contributed by atoms with Crippen LogP contribution in [0.1, 0.15) is 21.7 Å². The molecule has 3 rings (SSSR count). The maximum Gasteiger partial charge on any atom is 0.361 e. The summed E-state index contributed by atoms with van der Waals surface area (Å²) in [7, 11) is 0.633. The summed E-state index contributed by atoms with van der Waals surface area (Å²) in [6.07, 6.45) is 1.24. The summed E-state index contributed by atoms with van der Waals surface area (Å²) in [6.45, 7) is 1.85. The highest BCUT2D eigenvalue weighted by Gasteiger charge is 2.26. The van der Waals surface area contributed by atoms with Crippen molar-refractivity contribution in [1.82, 2.24) is 24.6 Å². The summed E-state index contributed by atoms with van der Waals surface area (Å²) >= 11 is 0. The molecule has 0 aliphatic rings. The van der Waals surface area contributed by atoms with Gasteiger partial charge >= 0.3 is 5.97 Å². The summed E-state index contributed by atoms with van der Waals surface area (Å²) in [5, 5.41) is 7.90. The van der Waals surface area contributed by atoms with Crippen LogP contribution in [-0.2, 0) is 14.8 Å². The van der Waals surface area contributed by atoms with Crippen molar-refractivity contribution in [2.24, 2.45) is 0 Å². The van der Waals surface area contributed by atoms with E-state index in [1.54, 1.807) is 31.1 Å². The van der Waals surface area contributed by atoms with Crippen LogP contribution in [0.15, 0.2) is 59.6 Å². The minimum atomic E-state index is -3.89. The smallest absolute Gasteiger partial charge is 0.361 e. The SMILES string of the molecule is COC(=O)c1nnn(-c2ccc(F)cc2)c1/C(=C\NS(=O)(=O)c1ccc(C)cc1)N(C)C. The van der Waals surface area contributed by atoms with Gasteiger partial charge in [0.2, 0.25) is 5.69 Å². The Morgan fingerprint density at radius 2 is 1.75 bits per heavy atom. The molecule has 9 nitrogen and oxygen atoms in total. The first-order valence-corrected chi connectivity index (χ1v) is 10.9. The Bertz CT molecular complexity index is 1250. The van der Waals surface area contributed by atoms with Gasteiger partial charge in [0.15, 0.2) is 0 Å². The molecule has 1 heterocycles. The van der Waals surface area contributed by atoms with Crippen LogP contribution in [-0.4, -0.2) is 55.5 Å². The molecule has 32 heavy (non-hydrogen) atoms. The van der Waals surface area contributed by atoms with Crippen LogP contribution in [0.4, 0.5) is 4.39 Å². The number of carbonyl (C=O) groups excluding carboxylic acids is 1. The molecule has 0 fully saturated rings. The quantitative estimate of drug-likeness (QED) is 0.541. The van der Waals surface area contributed by atoms with Gasteiger partial charge in [-0.25, -0.2) is 22.3 Å². The molecule has 0 bridgehead atoms. The minimum Gasteiger partial charge on any atom is -0.464 e. The third kappa shape index (κ3) is 4.78. The molecule has 1 N–H and O–H groups in total. The van der Waals surface area contributed by atoms with Gasteiger partial charge in [-0.1, -0.05) is 22.9 Å². The van der Waals surface area contributed by atoms with Crippen LogP contribution in [0, 0.1) is 12.7 Å². The Balaban J connectivity index is 2.12. The fraction of sp³-hybridized carbons (Fsp3) is 0.190. The molecule has 11 heteroatoms. The molecular weight excluding hydrogens is 437 g/mol. The molecule has 168 valence electrons. The van der Waals surface area contributed by atoms with Gasteiger partial charge in [-0.15, -0.1) is 5.10 Å². The fourth-order valence-corrected chi connectivity index (χ4v) is 3.73. The van der Waals surface area contributed by atoms with Crippen LogP contribution in [0.3, 0.4) is 0 Å². The summed E-state index contributed by atoms with van der Waals surface area (Å²) in [4.78, 5) is 14.0. The molecule has 0 amide bonds. The van der Waals surface area contributed by atoms with Crippen LogP contribution in [0.25, 0.3) is 11.4 Å². The average molecular weight is 460 g/mol. The van der Waals surface area contributed by atoms with Crippen molar-refractivity contribution >= 4 is 21.7 Å². The Morgan fingerprint density at radius 3 is 2.31 bits per heavy atom. The first-order chi connectivity index (χ1) is 15.1. The van der Waals surface area contributed by atoms with Gasteiger partial charge in [-0.05, 0) is 43.3 Å². The molecule has 3 aromatic rings. The number of benzene rings is 2. The van der Waals surface area contributed by atoms with E-state index in [4.69, 9.17) is 4.74 Å². The number of nitrogens with zero attached hydrogens (tertiary/aromatic N) is 4. The van der Waals surface area contributed by atoms with E-state index in [9.17, 15) is 17.6 Å². The Labute approximate surface area is 185 Å². The number of ether oxygens (including phenoxy) is 1. The summed E-state index contributed by atoms with van der Waals surface area (Å²) in [5.41, 5.74) is 1.64. The standard InChI is InChI=1S/C21H22FN5O4S/c1-14-5-11-17(12-6-14)32(29,30)23-13-18(26(2)3)20-19(21(28)31-4)24-25-27(20)16-9-7-15(22)8-10-16/h5-13,23H,1-4H3/b18-13+.